The van der Waals surface area contributed by atoms with Gasteiger partial charge in [-0.05, 0) is 37.7 Å². The molecule has 1 fully saturated rings. The summed E-state index contributed by atoms with van der Waals surface area (Å²) in [6.07, 6.45) is 0. The molecule has 1 amide bonds. The predicted octanol–water partition coefficient (Wildman–Crippen LogP) is 2.03. The van der Waals surface area contributed by atoms with Crippen molar-refractivity contribution < 1.29 is 9.53 Å². The zero-order valence-corrected chi connectivity index (χ0v) is 12.3. The summed E-state index contributed by atoms with van der Waals surface area (Å²) in [5.41, 5.74) is 1.65. The van der Waals surface area contributed by atoms with Gasteiger partial charge in [-0.1, -0.05) is 12.6 Å². The first kappa shape index (κ1) is 14.6. The van der Waals surface area contributed by atoms with E-state index < -0.39 is 0 Å². The normalized spacial score (nSPS) is 16.0. The molecule has 0 saturated carbocycles. The molecule has 20 heavy (non-hydrogen) atoms. The molecule has 0 bridgehead atoms. The van der Waals surface area contributed by atoms with Crippen LogP contribution in [0.5, 0.6) is 5.75 Å². The molecular weight excluding hydrogens is 252 g/mol. The molecule has 0 aliphatic carbocycles. The number of rotatable bonds is 4. The van der Waals surface area contributed by atoms with Gasteiger partial charge in [0.05, 0.1) is 0 Å². The van der Waals surface area contributed by atoms with Crippen molar-refractivity contribution in [3.05, 3.63) is 42.0 Å². The molecule has 1 aromatic carbocycles. The molecule has 0 unspecified atom stereocenters. The van der Waals surface area contributed by atoms with E-state index in [-0.39, 0.29) is 5.91 Å². The van der Waals surface area contributed by atoms with Crippen LogP contribution in [0.2, 0.25) is 0 Å². The van der Waals surface area contributed by atoms with Gasteiger partial charge in [0.25, 0.3) is 5.91 Å². The molecule has 0 radical (unpaired) electrons. The van der Waals surface area contributed by atoms with Crippen LogP contribution in [0.25, 0.3) is 0 Å². The zero-order chi connectivity index (χ0) is 14.5. The van der Waals surface area contributed by atoms with Crippen LogP contribution in [0.3, 0.4) is 0 Å². The predicted molar refractivity (Wildman–Crippen MR) is 80.2 cm³/mol. The number of carbonyl (C=O) groups is 1. The monoisotopic (exact) mass is 274 g/mol. The molecule has 4 heteroatoms. The van der Waals surface area contributed by atoms with E-state index in [1.54, 1.807) is 0 Å². The molecule has 0 spiro atoms. The van der Waals surface area contributed by atoms with Crippen molar-refractivity contribution >= 4 is 5.91 Å². The fourth-order valence-electron chi connectivity index (χ4n) is 2.12. The summed E-state index contributed by atoms with van der Waals surface area (Å²) in [6.45, 7) is 9.62. The lowest BCUT2D eigenvalue weighted by Crippen LogP contribution is -2.47. The highest BCUT2D eigenvalue weighted by atomic mass is 16.5. The Balaban J connectivity index is 2.02. The lowest BCUT2D eigenvalue weighted by molar-refractivity contribution is 0.0663. The molecule has 1 aromatic rings. The maximum absolute atomic E-state index is 12.4. The van der Waals surface area contributed by atoms with E-state index in [0.717, 1.165) is 31.8 Å². The number of ether oxygens (including phenoxy) is 1. The minimum absolute atomic E-state index is 0.0823. The Labute approximate surface area is 120 Å². The summed E-state index contributed by atoms with van der Waals surface area (Å²) in [5.74, 6) is 0.798. The molecule has 108 valence electrons. The molecule has 1 heterocycles. The maximum Gasteiger partial charge on any atom is 0.254 e. The highest BCUT2D eigenvalue weighted by Gasteiger charge is 2.20. The molecule has 2 rings (SSSR count). The van der Waals surface area contributed by atoms with E-state index >= 15 is 0 Å². The Morgan fingerprint density at radius 1 is 1.30 bits per heavy atom. The number of benzene rings is 1. The Morgan fingerprint density at radius 3 is 2.65 bits per heavy atom. The minimum Gasteiger partial charge on any atom is -0.489 e. The third kappa shape index (κ3) is 3.84. The number of hydrogen-bond acceptors (Lipinski definition) is 3. The van der Waals surface area contributed by atoms with Crippen LogP contribution in [0, 0.1) is 0 Å². The average Bonchev–Trinajstić information content (AvgIpc) is 2.45. The standard InChI is InChI=1S/C16H22N2O2/c1-13(2)12-20-15-6-4-5-14(11-15)16(19)18-9-7-17(3)8-10-18/h4-6,11H,1,7-10,12H2,2-3H3. The van der Waals surface area contributed by atoms with E-state index in [0.29, 0.717) is 17.9 Å². The summed E-state index contributed by atoms with van der Waals surface area (Å²) in [5, 5.41) is 0. The third-order valence-corrected chi connectivity index (χ3v) is 3.36. The molecule has 1 saturated heterocycles. The van der Waals surface area contributed by atoms with Crippen molar-refractivity contribution in [1.29, 1.82) is 0 Å². The minimum atomic E-state index is 0.0823. The number of hydrogen-bond donors (Lipinski definition) is 0. The van der Waals surface area contributed by atoms with Gasteiger partial charge < -0.3 is 14.5 Å². The van der Waals surface area contributed by atoms with Gasteiger partial charge in [0.1, 0.15) is 12.4 Å². The summed E-state index contributed by atoms with van der Waals surface area (Å²) in [6, 6.07) is 7.37. The molecule has 0 aromatic heterocycles. The van der Waals surface area contributed by atoms with E-state index in [4.69, 9.17) is 4.74 Å². The number of amides is 1. The van der Waals surface area contributed by atoms with Crippen molar-refractivity contribution in [2.45, 2.75) is 6.92 Å². The van der Waals surface area contributed by atoms with Crippen molar-refractivity contribution in [3.8, 4) is 5.75 Å². The summed E-state index contributed by atoms with van der Waals surface area (Å²) in [4.78, 5) is 16.6. The molecule has 1 aliphatic rings. The van der Waals surface area contributed by atoms with Crippen LogP contribution in [0.4, 0.5) is 0 Å². The molecule has 1 aliphatic heterocycles. The van der Waals surface area contributed by atoms with Gasteiger partial charge in [0.15, 0.2) is 0 Å². The largest absolute Gasteiger partial charge is 0.489 e. The fraction of sp³-hybridized carbons (Fsp3) is 0.438. The maximum atomic E-state index is 12.4. The number of nitrogens with zero attached hydrogens (tertiary/aromatic N) is 2. The van der Waals surface area contributed by atoms with Crippen molar-refractivity contribution in [3.63, 3.8) is 0 Å². The highest BCUT2D eigenvalue weighted by Crippen LogP contribution is 2.16. The van der Waals surface area contributed by atoms with Crippen LogP contribution in [0.1, 0.15) is 17.3 Å². The Hall–Kier alpha value is -1.81. The topological polar surface area (TPSA) is 32.8 Å². The van der Waals surface area contributed by atoms with Gasteiger partial charge in [-0.3, -0.25) is 4.79 Å². The first-order chi connectivity index (χ1) is 9.56. The molecule has 0 atom stereocenters. The third-order valence-electron chi connectivity index (χ3n) is 3.36. The fourth-order valence-corrected chi connectivity index (χ4v) is 2.12. The number of piperazine rings is 1. The zero-order valence-electron chi connectivity index (χ0n) is 12.3. The molecular formula is C16H22N2O2. The molecule has 0 N–H and O–H groups in total. The lowest BCUT2D eigenvalue weighted by Gasteiger charge is -2.32. The van der Waals surface area contributed by atoms with E-state index in [9.17, 15) is 4.79 Å². The van der Waals surface area contributed by atoms with E-state index in [2.05, 4.69) is 18.5 Å². The second-order valence-corrected chi connectivity index (χ2v) is 5.37. The van der Waals surface area contributed by atoms with Gasteiger partial charge in [-0.15, -0.1) is 0 Å². The van der Waals surface area contributed by atoms with Gasteiger partial charge in [0, 0.05) is 31.7 Å². The summed E-state index contributed by atoms with van der Waals surface area (Å²) < 4.78 is 5.58. The van der Waals surface area contributed by atoms with Crippen molar-refractivity contribution in [2.75, 3.05) is 39.8 Å². The quantitative estimate of drug-likeness (QED) is 0.788. The summed E-state index contributed by atoms with van der Waals surface area (Å²) in [7, 11) is 2.08. The van der Waals surface area contributed by atoms with Gasteiger partial charge in [-0.25, -0.2) is 0 Å². The van der Waals surface area contributed by atoms with Gasteiger partial charge >= 0.3 is 0 Å². The first-order valence-electron chi connectivity index (χ1n) is 6.91. The lowest BCUT2D eigenvalue weighted by atomic mass is 10.1. The Bertz CT molecular complexity index is 491. The van der Waals surface area contributed by atoms with Crippen LogP contribution in [-0.4, -0.2) is 55.5 Å². The molecule has 4 nitrogen and oxygen atoms in total. The number of likely N-dealkylation sites (N-methyl/N-ethyl adjacent to an activating group) is 1. The average molecular weight is 274 g/mol. The number of carbonyl (C=O) groups excluding carboxylic acids is 1. The smallest absolute Gasteiger partial charge is 0.254 e. The second kappa shape index (κ2) is 6.57. The van der Waals surface area contributed by atoms with Crippen molar-refractivity contribution in [1.82, 2.24) is 9.80 Å². The Morgan fingerprint density at radius 2 is 2.00 bits per heavy atom. The highest BCUT2D eigenvalue weighted by molar-refractivity contribution is 5.94. The van der Waals surface area contributed by atoms with Crippen molar-refractivity contribution in [2.24, 2.45) is 0 Å². The second-order valence-electron chi connectivity index (χ2n) is 5.37. The van der Waals surface area contributed by atoms with Crippen LogP contribution in [0.15, 0.2) is 36.4 Å². The SMILES string of the molecule is C=C(C)COc1cccc(C(=O)N2CCN(C)CC2)c1. The van der Waals surface area contributed by atoms with Gasteiger partial charge in [0.2, 0.25) is 0 Å². The first-order valence-corrected chi connectivity index (χ1v) is 6.91. The Kier molecular flexibility index (Phi) is 4.79. The van der Waals surface area contributed by atoms with E-state index in [1.807, 2.05) is 36.1 Å². The summed E-state index contributed by atoms with van der Waals surface area (Å²) >= 11 is 0. The van der Waals surface area contributed by atoms with Crippen LogP contribution < -0.4 is 4.74 Å². The van der Waals surface area contributed by atoms with Crippen LogP contribution >= 0.6 is 0 Å². The van der Waals surface area contributed by atoms with E-state index in [1.165, 1.54) is 0 Å². The van der Waals surface area contributed by atoms with Crippen LogP contribution in [-0.2, 0) is 0 Å². The van der Waals surface area contributed by atoms with Gasteiger partial charge in [-0.2, -0.15) is 0 Å².